The van der Waals surface area contributed by atoms with Crippen LogP contribution in [0.15, 0.2) is 0 Å². The number of ether oxygens (including phenoxy) is 3. The summed E-state index contributed by atoms with van der Waals surface area (Å²) in [7, 11) is 0. The first kappa shape index (κ1) is 54.0. The highest BCUT2D eigenvalue weighted by atomic mass is 127. The van der Waals surface area contributed by atoms with Crippen molar-refractivity contribution in [2.24, 2.45) is 0 Å². The van der Waals surface area contributed by atoms with Crippen molar-refractivity contribution in [3.8, 4) is 0 Å². The van der Waals surface area contributed by atoms with Crippen LogP contribution >= 0.6 is 67.8 Å². The fourth-order valence-electron chi connectivity index (χ4n) is 5.10. The summed E-state index contributed by atoms with van der Waals surface area (Å²) < 4.78 is 15.9. The van der Waals surface area contributed by atoms with Crippen molar-refractivity contribution in [1.29, 1.82) is 0 Å². The molecular weight excluding hydrogens is 1110 g/mol. The standard InChI is InChI=1S/C37H56I3N3O15/c1-23(47)43(19-26(50)22-58-29(53)13-7-4-10-16-46)35-33(39)30(36(54)41-17-24(48)20-56-27(51)11-5-2-8-14-44)32(38)31(34(35)40)37(55)42-18-25(49)21-57-28(52)12-6-3-9-15-45/h24-26,44-46,48-50H,2-22H2,1H3,(H,41,54)(H,42,55). The third-order valence-corrected chi connectivity index (χ3v) is 11.4. The summed E-state index contributed by atoms with van der Waals surface area (Å²) in [5.41, 5.74) is -0.0636. The Balaban J connectivity index is 3.33. The number of carbonyl (C=O) groups is 6. The predicted molar refractivity (Wildman–Crippen MR) is 235 cm³/mol. The molecule has 3 unspecified atom stereocenters. The second-order valence-corrected chi connectivity index (χ2v) is 16.4. The topological polar surface area (TPSA) is 279 Å². The third kappa shape index (κ3) is 21.0. The number of esters is 3. The Hall–Kier alpha value is -2.01. The highest BCUT2D eigenvalue weighted by molar-refractivity contribution is 14.1. The van der Waals surface area contributed by atoms with Crippen molar-refractivity contribution in [3.05, 3.63) is 21.8 Å². The van der Waals surface area contributed by atoms with Crippen LogP contribution in [-0.2, 0) is 33.4 Å². The van der Waals surface area contributed by atoms with Crippen LogP contribution in [0.25, 0.3) is 0 Å². The lowest BCUT2D eigenvalue weighted by Crippen LogP contribution is -2.41. The number of halogens is 3. The van der Waals surface area contributed by atoms with Gasteiger partial charge >= 0.3 is 17.9 Å². The molecule has 0 aliphatic rings. The van der Waals surface area contributed by atoms with E-state index >= 15 is 0 Å². The summed E-state index contributed by atoms with van der Waals surface area (Å²) in [6, 6.07) is 0. The first-order chi connectivity index (χ1) is 27.6. The van der Waals surface area contributed by atoms with Gasteiger partial charge in [-0.3, -0.25) is 28.8 Å². The summed E-state index contributed by atoms with van der Waals surface area (Å²) in [6.45, 7) is -1.20. The SMILES string of the molecule is CC(=O)N(CC(O)COC(=O)CCCCCO)c1c(I)c(C(=O)NCC(O)COC(=O)CCCCCO)c(I)c(C(=O)NCC(O)COC(=O)CCCCCO)c1I. The molecule has 1 aromatic rings. The molecule has 0 aliphatic heterocycles. The Labute approximate surface area is 378 Å². The van der Waals surface area contributed by atoms with E-state index in [1.54, 1.807) is 22.6 Å². The Morgan fingerprint density at radius 3 is 1.22 bits per heavy atom. The number of nitrogens with one attached hydrogen (secondary N) is 2. The lowest BCUT2D eigenvalue weighted by atomic mass is 10.1. The molecule has 0 saturated carbocycles. The summed E-state index contributed by atoms with van der Waals surface area (Å²) in [6.07, 6.45) is 1.23. The molecule has 0 spiro atoms. The number of hydrogen-bond donors (Lipinski definition) is 8. The first-order valence-electron chi connectivity index (χ1n) is 19.0. The normalized spacial score (nSPS) is 12.6. The van der Waals surface area contributed by atoms with Gasteiger partial charge in [-0.15, -0.1) is 0 Å². The molecule has 0 saturated heterocycles. The van der Waals surface area contributed by atoms with Gasteiger partial charge in [0.1, 0.15) is 38.1 Å². The van der Waals surface area contributed by atoms with Gasteiger partial charge in [-0.1, -0.05) is 19.3 Å². The average molecular weight is 1160 g/mol. The lowest BCUT2D eigenvalue weighted by Gasteiger charge is -2.29. The first-order valence-corrected chi connectivity index (χ1v) is 22.2. The average Bonchev–Trinajstić information content (AvgIpc) is 3.18. The van der Waals surface area contributed by atoms with Crippen LogP contribution in [0.2, 0.25) is 0 Å². The van der Waals surface area contributed by atoms with Crippen molar-refractivity contribution >= 4 is 109 Å². The van der Waals surface area contributed by atoms with Crippen molar-refractivity contribution in [1.82, 2.24) is 10.6 Å². The maximum atomic E-state index is 13.8. The van der Waals surface area contributed by atoms with Gasteiger partial charge < -0.3 is 60.4 Å². The molecule has 1 rings (SSSR count). The van der Waals surface area contributed by atoms with Crippen LogP contribution in [0.1, 0.15) is 105 Å². The van der Waals surface area contributed by atoms with E-state index in [9.17, 15) is 44.1 Å². The van der Waals surface area contributed by atoms with Crippen LogP contribution in [0.5, 0.6) is 0 Å². The number of aliphatic hydroxyl groups is 6. The van der Waals surface area contributed by atoms with Crippen LogP contribution in [-0.4, -0.2) is 144 Å². The highest BCUT2D eigenvalue weighted by Crippen LogP contribution is 2.38. The molecule has 0 aliphatic carbocycles. The number of hydrogen-bond acceptors (Lipinski definition) is 15. The summed E-state index contributed by atoms with van der Waals surface area (Å²) >= 11 is 5.46. The lowest BCUT2D eigenvalue weighted by molar-refractivity contribution is -0.147. The zero-order valence-electron chi connectivity index (χ0n) is 32.5. The van der Waals surface area contributed by atoms with E-state index in [4.69, 9.17) is 29.5 Å². The van der Waals surface area contributed by atoms with E-state index in [0.717, 1.165) is 4.90 Å². The number of aliphatic hydroxyl groups excluding tert-OH is 6. The third-order valence-electron chi connectivity index (χ3n) is 8.21. The van der Waals surface area contributed by atoms with Crippen molar-refractivity contribution < 1.29 is 73.6 Å². The molecule has 18 nitrogen and oxygen atoms in total. The molecule has 21 heteroatoms. The molecule has 58 heavy (non-hydrogen) atoms. The number of benzene rings is 1. The van der Waals surface area contributed by atoms with Crippen LogP contribution in [0.4, 0.5) is 5.69 Å². The number of carbonyl (C=O) groups excluding carboxylic acids is 6. The van der Waals surface area contributed by atoms with Crippen LogP contribution < -0.4 is 15.5 Å². The Morgan fingerprint density at radius 1 is 0.552 bits per heavy atom. The molecule has 0 bridgehead atoms. The maximum Gasteiger partial charge on any atom is 0.305 e. The van der Waals surface area contributed by atoms with Gasteiger partial charge in [-0.05, 0) is 106 Å². The number of anilines is 1. The minimum atomic E-state index is -1.38. The van der Waals surface area contributed by atoms with Gasteiger partial charge in [0.2, 0.25) is 5.91 Å². The summed E-state index contributed by atoms with van der Waals surface area (Å²) in [5.74, 6) is -3.80. The maximum absolute atomic E-state index is 13.8. The fourth-order valence-corrected chi connectivity index (χ4v) is 9.83. The minimum Gasteiger partial charge on any atom is -0.463 e. The number of unbranched alkanes of at least 4 members (excludes halogenated alkanes) is 6. The van der Waals surface area contributed by atoms with Crippen LogP contribution in [0.3, 0.4) is 0 Å². The highest BCUT2D eigenvalue weighted by Gasteiger charge is 2.32. The largest absolute Gasteiger partial charge is 0.463 e. The molecule has 3 amide bonds. The molecule has 0 fully saturated rings. The van der Waals surface area contributed by atoms with E-state index in [0.29, 0.717) is 57.8 Å². The molecule has 330 valence electrons. The Bertz CT molecular complexity index is 1410. The minimum absolute atomic E-state index is 0.00274. The number of rotatable bonds is 30. The monoisotopic (exact) mass is 1160 g/mol. The quantitative estimate of drug-likeness (QED) is 0.0236. The van der Waals surface area contributed by atoms with Crippen LogP contribution in [0, 0.1) is 10.7 Å². The second kappa shape index (κ2) is 30.9. The summed E-state index contributed by atoms with van der Waals surface area (Å²) in [4.78, 5) is 78.2. The zero-order chi connectivity index (χ0) is 43.6. The van der Waals surface area contributed by atoms with Gasteiger partial charge in [0, 0.05) is 62.7 Å². The van der Waals surface area contributed by atoms with E-state index in [1.807, 2.05) is 45.2 Å². The fraction of sp³-hybridized carbons (Fsp3) is 0.676. The van der Waals surface area contributed by atoms with Gasteiger partial charge in [0.05, 0.1) is 30.5 Å². The van der Waals surface area contributed by atoms with E-state index in [1.165, 1.54) is 6.92 Å². The van der Waals surface area contributed by atoms with Crippen molar-refractivity contribution in [3.63, 3.8) is 0 Å². The molecule has 3 atom stereocenters. The molecule has 0 heterocycles. The smallest absolute Gasteiger partial charge is 0.305 e. The van der Waals surface area contributed by atoms with Gasteiger partial charge in [-0.25, -0.2) is 0 Å². The van der Waals surface area contributed by atoms with E-state index in [2.05, 4.69) is 10.6 Å². The Morgan fingerprint density at radius 2 is 0.897 bits per heavy atom. The summed E-state index contributed by atoms with van der Waals surface area (Å²) in [5, 5.41) is 63.7. The van der Waals surface area contributed by atoms with E-state index in [-0.39, 0.29) is 79.7 Å². The van der Waals surface area contributed by atoms with Gasteiger partial charge in [-0.2, -0.15) is 0 Å². The number of nitrogens with zero attached hydrogens (tertiary/aromatic N) is 1. The second-order valence-electron chi connectivity index (χ2n) is 13.2. The Kier molecular flexibility index (Phi) is 28.8. The molecule has 8 N–H and O–H groups in total. The number of amides is 3. The molecular formula is C37H56I3N3O15. The zero-order valence-corrected chi connectivity index (χ0v) is 39.0. The predicted octanol–water partition coefficient (Wildman–Crippen LogP) is 1.68. The van der Waals surface area contributed by atoms with Crippen molar-refractivity contribution in [2.45, 2.75) is 102 Å². The van der Waals surface area contributed by atoms with Gasteiger partial charge in [0.25, 0.3) is 11.8 Å². The molecule has 0 aromatic heterocycles. The van der Waals surface area contributed by atoms with E-state index < -0.39 is 80.3 Å². The van der Waals surface area contributed by atoms with Crippen molar-refractivity contribution in [2.75, 3.05) is 64.2 Å². The van der Waals surface area contributed by atoms with Gasteiger partial charge in [0.15, 0.2) is 0 Å². The molecule has 1 aromatic carbocycles. The molecule has 0 radical (unpaired) electrons.